The van der Waals surface area contributed by atoms with Crippen molar-refractivity contribution in [3.8, 4) is 0 Å². The maximum absolute atomic E-state index is 11.9. The highest BCUT2D eigenvalue weighted by molar-refractivity contribution is 9.10. The highest BCUT2D eigenvalue weighted by Gasteiger charge is 2.15. The lowest BCUT2D eigenvalue weighted by molar-refractivity contribution is 0.102. The number of anilines is 1. The molecule has 5 nitrogen and oxygen atoms in total. The van der Waals surface area contributed by atoms with Crippen molar-refractivity contribution in [3.63, 3.8) is 0 Å². The fourth-order valence-electron chi connectivity index (χ4n) is 1.26. The average molecular weight is 296 g/mol. The van der Waals surface area contributed by atoms with E-state index < -0.39 is 0 Å². The van der Waals surface area contributed by atoms with Gasteiger partial charge in [-0.1, -0.05) is 5.16 Å². The van der Waals surface area contributed by atoms with E-state index in [4.69, 9.17) is 4.52 Å². The van der Waals surface area contributed by atoms with Crippen molar-refractivity contribution in [3.05, 3.63) is 39.8 Å². The molecule has 0 aromatic carbocycles. The summed E-state index contributed by atoms with van der Waals surface area (Å²) in [6.07, 6.45) is 1.60. The normalized spacial score (nSPS) is 10.3. The lowest BCUT2D eigenvalue weighted by Crippen LogP contribution is -2.13. The zero-order chi connectivity index (χ0) is 12.4. The predicted octanol–water partition coefficient (Wildman–Crippen LogP) is 2.70. The van der Waals surface area contributed by atoms with Gasteiger partial charge in [-0.2, -0.15) is 0 Å². The van der Waals surface area contributed by atoms with Gasteiger partial charge in [-0.05, 0) is 41.9 Å². The lowest BCUT2D eigenvalue weighted by atomic mass is 10.2. The maximum Gasteiger partial charge on any atom is 0.260 e. The van der Waals surface area contributed by atoms with E-state index in [9.17, 15) is 4.79 Å². The van der Waals surface area contributed by atoms with Crippen LogP contribution in [-0.4, -0.2) is 16.0 Å². The number of aromatic nitrogens is 2. The Morgan fingerprint density at radius 1 is 1.47 bits per heavy atom. The Morgan fingerprint density at radius 2 is 2.24 bits per heavy atom. The first kappa shape index (κ1) is 11.8. The first-order valence-corrected chi connectivity index (χ1v) is 5.73. The molecule has 0 bridgehead atoms. The number of halogens is 1. The third kappa shape index (κ3) is 2.36. The summed E-state index contributed by atoms with van der Waals surface area (Å²) in [6.45, 7) is 3.65. The van der Waals surface area contributed by atoms with Crippen molar-refractivity contribution in [2.45, 2.75) is 13.8 Å². The minimum atomic E-state index is -0.288. The van der Waals surface area contributed by atoms with Crippen LogP contribution < -0.4 is 5.32 Å². The molecular formula is C11H10BrN3O2. The number of hydrogen-bond acceptors (Lipinski definition) is 4. The van der Waals surface area contributed by atoms with Crippen LogP contribution in [0.25, 0.3) is 0 Å². The van der Waals surface area contributed by atoms with E-state index in [-0.39, 0.29) is 5.91 Å². The first-order valence-electron chi connectivity index (χ1n) is 4.94. The third-order valence-electron chi connectivity index (χ3n) is 2.39. The summed E-state index contributed by atoms with van der Waals surface area (Å²) < 4.78 is 5.50. The Kier molecular flexibility index (Phi) is 3.23. The van der Waals surface area contributed by atoms with Gasteiger partial charge < -0.3 is 4.52 Å². The molecule has 2 heterocycles. The second-order valence-corrected chi connectivity index (χ2v) is 4.27. The Labute approximate surface area is 106 Å². The number of carbonyl (C=O) groups excluding carboxylic acids is 1. The lowest BCUT2D eigenvalue weighted by Gasteiger charge is -2.03. The number of aryl methyl sites for hydroxylation is 1. The predicted molar refractivity (Wildman–Crippen MR) is 65.9 cm³/mol. The molecule has 0 radical (unpaired) electrons. The molecule has 0 unspecified atom stereocenters. The van der Waals surface area contributed by atoms with Gasteiger partial charge in [-0.3, -0.25) is 10.1 Å². The highest BCUT2D eigenvalue weighted by Crippen LogP contribution is 2.20. The Balaban J connectivity index is 2.23. The summed E-state index contributed by atoms with van der Waals surface area (Å²) in [4.78, 5) is 15.9. The molecule has 2 aromatic rings. The van der Waals surface area contributed by atoms with Crippen LogP contribution in [0.3, 0.4) is 0 Å². The van der Waals surface area contributed by atoms with Gasteiger partial charge in [0, 0.05) is 11.8 Å². The quantitative estimate of drug-likeness (QED) is 0.865. The molecule has 2 aromatic heterocycles. The summed E-state index contributed by atoms with van der Waals surface area (Å²) in [5.41, 5.74) is 2.02. The summed E-state index contributed by atoms with van der Waals surface area (Å²) in [6, 6.07) is 3.36. The number of nitrogens with zero attached hydrogens (tertiary/aromatic N) is 2. The Hall–Kier alpha value is -1.69. The number of nitrogens with one attached hydrogen (secondary N) is 1. The van der Waals surface area contributed by atoms with Gasteiger partial charge in [0.1, 0.15) is 4.60 Å². The van der Waals surface area contributed by atoms with Gasteiger partial charge in [0.25, 0.3) is 5.91 Å². The third-order valence-corrected chi connectivity index (χ3v) is 3.02. The van der Waals surface area contributed by atoms with E-state index >= 15 is 0 Å². The van der Waals surface area contributed by atoms with Gasteiger partial charge in [0.2, 0.25) is 5.88 Å². The monoisotopic (exact) mass is 295 g/mol. The second kappa shape index (κ2) is 4.67. The Morgan fingerprint density at radius 3 is 2.82 bits per heavy atom. The summed E-state index contributed by atoms with van der Waals surface area (Å²) in [5, 5.41) is 6.42. The number of pyridine rings is 1. The van der Waals surface area contributed by atoms with Crippen LogP contribution in [0.1, 0.15) is 21.6 Å². The maximum atomic E-state index is 11.9. The van der Waals surface area contributed by atoms with E-state index in [0.717, 1.165) is 11.3 Å². The number of rotatable bonds is 2. The van der Waals surface area contributed by atoms with Crippen LogP contribution >= 0.6 is 15.9 Å². The molecule has 0 aliphatic heterocycles. The second-order valence-electron chi connectivity index (χ2n) is 3.52. The van der Waals surface area contributed by atoms with Crippen LogP contribution in [0.5, 0.6) is 0 Å². The summed E-state index contributed by atoms with van der Waals surface area (Å²) in [5.74, 6) is 0.0764. The zero-order valence-corrected chi connectivity index (χ0v) is 10.9. The van der Waals surface area contributed by atoms with Crippen molar-refractivity contribution in [2.24, 2.45) is 0 Å². The van der Waals surface area contributed by atoms with Crippen molar-refractivity contribution in [2.75, 3.05) is 5.32 Å². The molecule has 6 heteroatoms. The molecule has 1 amide bonds. The molecule has 88 valence electrons. The number of hydrogen-bond donors (Lipinski definition) is 1. The summed E-state index contributed by atoms with van der Waals surface area (Å²) in [7, 11) is 0. The largest absolute Gasteiger partial charge is 0.338 e. The molecule has 0 atom stereocenters. The molecule has 0 fully saturated rings. The topological polar surface area (TPSA) is 68.0 Å². The van der Waals surface area contributed by atoms with Crippen LogP contribution in [0, 0.1) is 13.8 Å². The van der Waals surface area contributed by atoms with E-state index in [0.29, 0.717) is 16.1 Å². The standard InChI is InChI=1S/C11H10BrN3O2/c1-6-7(2)15-17-11(6)14-10(16)8-4-3-5-13-9(8)12/h3-5H,1-2H3,(H,14,16). The molecule has 2 rings (SSSR count). The van der Waals surface area contributed by atoms with E-state index in [1.54, 1.807) is 18.3 Å². The van der Waals surface area contributed by atoms with Crippen molar-refractivity contribution >= 4 is 27.7 Å². The minimum Gasteiger partial charge on any atom is -0.338 e. The molecule has 1 N–H and O–H groups in total. The average Bonchev–Trinajstić information content (AvgIpc) is 2.61. The molecule has 17 heavy (non-hydrogen) atoms. The highest BCUT2D eigenvalue weighted by atomic mass is 79.9. The smallest absolute Gasteiger partial charge is 0.260 e. The number of carbonyl (C=O) groups is 1. The molecular weight excluding hydrogens is 286 g/mol. The minimum absolute atomic E-state index is 0.288. The van der Waals surface area contributed by atoms with Gasteiger partial charge in [-0.15, -0.1) is 0 Å². The van der Waals surface area contributed by atoms with Crippen LogP contribution in [0.15, 0.2) is 27.5 Å². The van der Waals surface area contributed by atoms with Crippen molar-refractivity contribution < 1.29 is 9.32 Å². The van der Waals surface area contributed by atoms with Crippen LogP contribution in [0.2, 0.25) is 0 Å². The van der Waals surface area contributed by atoms with Crippen molar-refractivity contribution in [1.82, 2.24) is 10.1 Å². The SMILES string of the molecule is Cc1noc(NC(=O)c2cccnc2Br)c1C. The van der Waals surface area contributed by atoms with Crippen molar-refractivity contribution in [1.29, 1.82) is 0 Å². The van der Waals surface area contributed by atoms with E-state index in [1.807, 2.05) is 13.8 Å². The Bertz CT molecular complexity index is 566. The zero-order valence-electron chi connectivity index (χ0n) is 9.32. The van der Waals surface area contributed by atoms with Gasteiger partial charge >= 0.3 is 0 Å². The van der Waals surface area contributed by atoms with Gasteiger partial charge in [0.05, 0.1) is 11.3 Å². The molecule has 0 spiro atoms. The number of amides is 1. The molecule has 0 saturated carbocycles. The van der Waals surface area contributed by atoms with Crippen LogP contribution in [-0.2, 0) is 0 Å². The van der Waals surface area contributed by atoms with Gasteiger partial charge in [-0.25, -0.2) is 4.98 Å². The molecule has 0 aliphatic carbocycles. The van der Waals surface area contributed by atoms with Crippen LogP contribution in [0.4, 0.5) is 5.88 Å². The van der Waals surface area contributed by atoms with E-state index in [2.05, 4.69) is 31.4 Å². The fraction of sp³-hybridized carbons (Fsp3) is 0.182. The van der Waals surface area contributed by atoms with E-state index in [1.165, 1.54) is 0 Å². The molecule has 0 aliphatic rings. The molecule has 0 saturated heterocycles. The van der Waals surface area contributed by atoms with Gasteiger partial charge in [0.15, 0.2) is 0 Å². The fourth-order valence-corrected chi connectivity index (χ4v) is 1.69. The first-order chi connectivity index (χ1) is 8.09. The summed E-state index contributed by atoms with van der Waals surface area (Å²) >= 11 is 3.22.